The van der Waals surface area contributed by atoms with E-state index >= 15 is 0 Å². The van der Waals surface area contributed by atoms with E-state index in [1.807, 2.05) is 68.4 Å². The summed E-state index contributed by atoms with van der Waals surface area (Å²) in [5, 5.41) is 3.17. The summed E-state index contributed by atoms with van der Waals surface area (Å²) in [7, 11) is 0. The van der Waals surface area contributed by atoms with Gasteiger partial charge in [-0.3, -0.25) is 4.79 Å². The first-order chi connectivity index (χ1) is 12.2. The highest BCUT2D eigenvalue weighted by atomic mass is 16.2. The van der Waals surface area contributed by atoms with Crippen LogP contribution in [-0.4, -0.2) is 22.4 Å². The number of para-hydroxylation sites is 1. The van der Waals surface area contributed by atoms with Gasteiger partial charge in [0.15, 0.2) is 0 Å². The molecule has 0 saturated carbocycles. The lowest BCUT2D eigenvalue weighted by Crippen LogP contribution is -2.31. The Morgan fingerprint density at radius 3 is 2.32 bits per heavy atom. The number of aromatic nitrogens is 2. The maximum atomic E-state index is 12.7. The first kappa shape index (κ1) is 16.6. The van der Waals surface area contributed by atoms with Gasteiger partial charge >= 0.3 is 0 Å². The van der Waals surface area contributed by atoms with Gasteiger partial charge in [0.1, 0.15) is 11.5 Å². The molecule has 0 bridgehead atoms. The number of carbonyl (C=O) groups excluding carboxylic acids is 1. The third-order valence-electron chi connectivity index (χ3n) is 3.82. The molecule has 3 aromatic rings. The molecule has 5 heteroatoms. The molecule has 0 saturated heterocycles. The van der Waals surface area contributed by atoms with E-state index in [2.05, 4.69) is 15.3 Å². The number of anilines is 3. The predicted molar refractivity (Wildman–Crippen MR) is 100 cm³/mol. The molecule has 0 aliphatic heterocycles. The minimum atomic E-state index is -0.164. The number of hydrogen-bond donors (Lipinski definition) is 1. The van der Waals surface area contributed by atoms with Crippen molar-refractivity contribution >= 4 is 23.1 Å². The topological polar surface area (TPSA) is 58.1 Å². The van der Waals surface area contributed by atoms with Crippen LogP contribution in [0.15, 0.2) is 67.0 Å². The molecule has 0 radical (unpaired) electrons. The van der Waals surface area contributed by atoms with Gasteiger partial charge in [0.25, 0.3) is 5.91 Å². The maximum Gasteiger partial charge on any atom is 0.278 e. The predicted octanol–water partition coefficient (Wildman–Crippen LogP) is 4.20. The van der Waals surface area contributed by atoms with E-state index in [-0.39, 0.29) is 5.91 Å². The van der Waals surface area contributed by atoms with Gasteiger partial charge in [-0.15, -0.1) is 0 Å². The first-order valence-corrected chi connectivity index (χ1v) is 8.20. The van der Waals surface area contributed by atoms with Crippen LogP contribution in [0.3, 0.4) is 0 Å². The third kappa shape index (κ3) is 4.01. The third-order valence-corrected chi connectivity index (χ3v) is 3.82. The van der Waals surface area contributed by atoms with Gasteiger partial charge in [0, 0.05) is 17.9 Å². The Kier molecular flexibility index (Phi) is 5.04. The highest BCUT2D eigenvalue weighted by Crippen LogP contribution is 2.17. The second kappa shape index (κ2) is 7.57. The fourth-order valence-corrected chi connectivity index (χ4v) is 2.48. The Balaban J connectivity index is 1.74. The van der Waals surface area contributed by atoms with Crippen LogP contribution in [0.25, 0.3) is 0 Å². The zero-order valence-electron chi connectivity index (χ0n) is 14.3. The van der Waals surface area contributed by atoms with Gasteiger partial charge in [0.2, 0.25) is 0 Å². The summed E-state index contributed by atoms with van der Waals surface area (Å²) in [4.78, 5) is 22.9. The summed E-state index contributed by atoms with van der Waals surface area (Å²) in [5.74, 6) is 0.436. The van der Waals surface area contributed by atoms with Crippen LogP contribution < -0.4 is 10.2 Å². The average molecular weight is 332 g/mol. The number of rotatable bonds is 5. The van der Waals surface area contributed by atoms with E-state index in [0.29, 0.717) is 18.1 Å². The SMILES string of the molecule is CCN(C(=O)c1cnc(Nc2ccc(C)cc2)cn1)c1ccccc1. The molecule has 5 nitrogen and oxygen atoms in total. The molecule has 0 aliphatic carbocycles. The van der Waals surface area contributed by atoms with Crippen molar-refractivity contribution in [1.29, 1.82) is 0 Å². The number of nitrogens with zero attached hydrogens (tertiary/aromatic N) is 3. The highest BCUT2D eigenvalue weighted by molar-refractivity contribution is 6.04. The van der Waals surface area contributed by atoms with Crippen LogP contribution >= 0.6 is 0 Å². The monoisotopic (exact) mass is 332 g/mol. The Morgan fingerprint density at radius 2 is 1.72 bits per heavy atom. The van der Waals surface area contributed by atoms with Crippen molar-refractivity contribution in [2.24, 2.45) is 0 Å². The lowest BCUT2D eigenvalue weighted by Gasteiger charge is -2.20. The molecule has 2 aromatic carbocycles. The molecular formula is C20H20N4O. The van der Waals surface area contributed by atoms with Crippen LogP contribution in [0.2, 0.25) is 0 Å². The number of carbonyl (C=O) groups is 1. The summed E-state index contributed by atoms with van der Waals surface area (Å²) in [6, 6.07) is 17.5. The smallest absolute Gasteiger partial charge is 0.278 e. The van der Waals surface area contributed by atoms with Crippen LogP contribution in [0.1, 0.15) is 23.0 Å². The fourth-order valence-electron chi connectivity index (χ4n) is 2.48. The minimum absolute atomic E-state index is 0.164. The van der Waals surface area contributed by atoms with Crippen molar-refractivity contribution in [3.05, 3.63) is 78.2 Å². The van der Waals surface area contributed by atoms with Crippen molar-refractivity contribution in [1.82, 2.24) is 9.97 Å². The van der Waals surface area contributed by atoms with Gasteiger partial charge < -0.3 is 10.2 Å². The fraction of sp³-hybridized carbons (Fsp3) is 0.150. The van der Waals surface area contributed by atoms with E-state index in [1.165, 1.54) is 11.8 Å². The summed E-state index contributed by atoms with van der Waals surface area (Å²) in [5.41, 5.74) is 3.29. The minimum Gasteiger partial charge on any atom is -0.339 e. The van der Waals surface area contributed by atoms with Crippen molar-refractivity contribution in [2.75, 3.05) is 16.8 Å². The lowest BCUT2D eigenvalue weighted by atomic mass is 10.2. The summed E-state index contributed by atoms with van der Waals surface area (Å²) < 4.78 is 0. The number of nitrogens with one attached hydrogen (secondary N) is 1. The normalized spacial score (nSPS) is 10.3. The second-order valence-electron chi connectivity index (χ2n) is 5.66. The Bertz CT molecular complexity index is 830. The van der Waals surface area contributed by atoms with Crippen LogP contribution in [0, 0.1) is 6.92 Å². The number of hydrogen-bond acceptors (Lipinski definition) is 4. The molecule has 1 amide bonds. The largest absolute Gasteiger partial charge is 0.339 e. The van der Waals surface area contributed by atoms with Gasteiger partial charge in [-0.1, -0.05) is 35.9 Å². The molecule has 3 rings (SSSR count). The molecule has 0 aliphatic rings. The average Bonchev–Trinajstić information content (AvgIpc) is 2.66. The van der Waals surface area contributed by atoms with Crippen LogP contribution in [0.5, 0.6) is 0 Å². The van der Waals surface area contributed by atoms with Crippen molar-refractivity contribution in [3.63, 3.8) is 0 Å². The van der Waals surface area contributed by atoms with Gasteiger partial charge in [-0.2, -0.15) is 0 Å². The van der Waals surface area contributed by atoms with E-state index in [9.17, 15) is 4.79 Å². The van der Waals surface area contributed by atoms with E-state index in [1.54, 1.807) is 11.1 Å². The van der Waals surface area contributed by atoms with Crippen molar-refractivity contribution in [3.8, 4) is 0 Å². The molecular weight excluding hydrogens is 312 g/mol. The summed E-state index contributed by atoms with van der Waals surface area (Å²) >= 11 is 0. The van der Waals surface area contributed by atoms with Gasteiger partial charge in [0.05, 0.1) is 12.4 Å². The Morgan fingerprint density at radius 1 is 1.00 bits per heavy atom. The highest BCUT2D eigenvalue weighted by Gasteiger charge is 2.17. The quantitative estimate of drug-likeness (QED) is 0.761. The molecule has 0 atom stereocenters. The molecule has 1 heterocycles. The zero-order chi connectivity index (χ0) is 17.6. The van der Waals surface area contributed by atoms with Crippen LogP contribution in [-0.2, 0) is 0 Å². The lowest BCUT2D eigenvalue weighted by molar-refractivity contribution is 0.0983. The van der Waals surface area contributed by atoms with Crippen molar-refractivity contribution in [2.45, 2.75) is 13.8 Å². The first-order valence-electron chi connectivity index (χ1n) is 8.20. The molecule has 126 valence electrons. The van der Waals surface area contributed by atoms with Gasteiger partial charge in [-0.05, 0) is 38.1 Å². The molecule has 0 spiro atoms. The molecule has 25 heavy (non-hydrogen) atoms. The Labute approximate surface area is 147 Å². The molecule has 0 fully saturated rings. The number of benzene rings is 2. The molecule has 1 aromatic heterocycles. The van der Waals surface area contributed by atoms with Crippen molar-refractivity contribution < 1.29 is 4.79 Å². The molecule has 1 N–H and O–H groups in total. The van der Waals surface area contributed by atoms with Gasteiger partial charge in [-0.25, -0.2) is 9.97 Å². The van der Waals surface area contributed by atoms with E-state index < -0.39 is 0 Å². The second-order valence-corrected chi connectivity index (χ2v) is 5.66. The number of aryl methyl sites for hydroxylation is 1. The summed E-state index contributed by atoms with van der Waals surface area (Å²) in [6.07, 6.45) is 3.08. The number of amides is 1. The Hall–Kier alpha value is -3.21. The maximum absolute atomic E-state index is 12.7. The molecule has 0 unspecified atom stereocenters. The zero-order valence-corrected chi connectivity index (χ0v) is 14.3. The van der Waals surface area contributed by atoms with E-state index in [4.69, 9.17) is 0 Å². The van der Waals surface area contributed by atoms with E-state index in [0.717, 1.165) is 11.4 Å². The standard InChI is InChI=1S/C20H20N4O/c1-3-24(17-7-5-4-6-8-17)20(25)18-13-22-19(14-21-18)23-16-11-9-15(2)10-12-16/h4-14H,3H2,1-2H3,(H,22,23). The summed E-state index contributed by atoms with van der Waals surface area (Å²) in [6.45, 7) is 4.54. The van der Waals surface area contributed by atoms with Crippen LogP contribution in [0.4, 0.5) is 17.2 Å².